The third-order valence-corrected chi connectivity index (χ3v) is 6.19. The maximum Gasteiger partial charge on any atom is 0.272 e. The average molecular weight is 369 g/mol. The van der Waals surface area contributed by atoms with Gasteiger partial charge in [-0.05, 0) is 41.1 Å². The summed E-state index contributed by atoms with van der Waals surface area (Å²) in [5, 5.41) is 9.93. The molecule has 2 rings (SSSR count). The molecule has 0 atom stereocenters. The zero-order valence-corrected chi connectivity index (χ0v) is 13.0. The van der Waals surface area contributed by atoms with Crippen LogP contribution in [0.4, 0.5) is 0 Å². The Hall–Kier alpha value is -0.630. The highest BCUT2D eigenvalue weighted by Gasteiger charge is 2.20. The molecule has 1 aromatic heterocycles. The number of phenolic OH excluding ortho intramolecular Hbond substituents is 1. The minimum absolute atomic E-state index is 0.0448. The highest BCUT2D eigenvalue weighted by atomic mass is 79.9. The second-order valence-electron chi connectivity index (χ2n) is 3.50. The molecule has 0 amide bonds. The summed E-state index contributed by atoms with van der Waals surface area (Å²) in [7, 11) is 1.54. The standard InChI is InChI=1S/C10H7BrClNO3S2/c1-5-10(18(12,15)16)17-9(13-5)6-2-3-8(14)7(11)4-6/h2-4,14H,1H3. The van der Waals surface area contributed by atoms with Crippen LogP contribution in [0, 0.1) is 6.92 Å². The van der Waals surface area contributed by atoms with Crippen molar-refractivity contribution in [3.8, 4) is 16.3 Å². The van der Waals surface area contributed by atoms with Gasteiger partial charge >= 0.3 is 0 Å². The molecule has 0 bridgehead atoms. The lowest BCUT2D eigenvalue weighted by Gasteiger charge is -1.99. The Bertz CT molecular complexity index is 712. The number of nitrogens with zero attached hydrogens (tertiary/aromatic N) is 1. The van der Waals surface area contributed by atoms with Crippen molar-refractivity contribution in [2.24, 2.45) is 0 Å². The van der Waals surface area contributed by atoms with E-state index in [1.807, 2.05) is 0 Å². The van der Waals surface area contributed by atoms with Gasteiger partial charge in [0.05, 0.1) is 10.2 Å². The second kappa shape index (κ2) is 4.80. The third kappa shape index (κ3) is 2.69. The van der Waals surface area contributed by atoms with E-state index in [4.69, 9.17) is 10.7 Å². The first-order valence-electron chi connectivity index (χ1n) is 4.70. The molecule has 0 aliphatic rings. The van der Waals surface area contributed by atoms with E-state index in [1.165, 1.54) is 6.07 Å². The highest BCUT2D eigenvalue weighted by molar-refractivity contribution is 9.10. The normalized spacial score (nSPS) is 11.7. The van der Waals surface area contributed by atoms with E-state index >= 15 is 0 Å². The number of aromatic hydroxyl groups is 1. The molecule has 4 nitrogen and oxygen atoms in total. The lowest BCUT2D eigenvalue weighted by molar-refractivity contribution is 0.472. The lowest BCUT2D eigenvalue weighted by atomic mass is 10.2. The van der Waals surface area contributed by atoms with Gasteiger partial charge in [-0.25, -0.2) is 13.4 Å². The van der Waals surface area contributed by atoms with Gasteiger partial charge in [0.1, 0.15) is 10.8 Å². The number of thiazole rings is 1. The van der Waals surface area contributed by atoms with Crippen LogP contribution in [0.5, 0.6) is 5.75 Å². The maximum atomic E-state index is 11.3. The molecule has 0 aliphatic carbocycles. The van der Waals surface area contributed by atoms with Crippen LogP contribution >= 0.6 is 37.9 Å². The first-order chi connectivity index (χ1) is 8.29. The summed E-state index contributed by atoms with van der Waals surface area (Å²) in [6.07, 6.45) is 0. The first kappa shape index (κ1) is 13.8. The van der Waals surface area contributed by atoms with E-state index in [-0.39, 0.29) is 9.96 Å². The third-order valence-electron chi connectivity index (χ3n) is 2.17. The van der Waals surface area contributed by atoms with Gasteiger partial charge in [-0.1, -0.05) is 0 Å². The predicted molar refractivity (Wildman–Crippen MR) is 74.7 cm³/mol. The van der Waals surface area contributed by atoms with Crippen molar-refractivity contribution >= 4 is 47.0 Å². The van der Waals surface area contributed by atoms with E-state index in [9.17, 15) is 13.5 Å². The van der Waals surface area contributed by atoms with E-state index in [0.717, 1.165) is 11.3 Å². The van der Waals surface area contributed by atoms with Crippen LogP contribution in [0.3, 0.4) is 0 Å². The van der Waals surface area contributed by atoms with Gasteiger partial charge in [-0.15, -0.1) is 11.3 Å². The first-order valence-corrected chi connectivity index (χ1v) is 8.62. The minimum Gasteiger partial charge on any atom is -0.507 e. The molecule has 0 radical (unpaired) electrons. The topological polar surface area (TPSA) is 67.3 Å². The largest absolute Gasteiger partial charge is 0.507 e. The van der Waals surface area contributed by atoms with Gasteiger partial charge in [-0.2, -0.15) is 0 Å². The van der Waals surface area contributed by atoms with Crippen molar-refractivity contribution in [3.63, 3.8) is 0 Å². The molecule has 18 heavy (non-hydrogen) atoms. The van der Waals surface area contributed by atoms with Crippen LogP contribution in [0.2, 0.25) is 0 Å². The molecule has 0 unspecified atom stereocenters. The summed E-state index contributed by atoms with van der Waals surface area (Å²) >= 11 is 4.19. The Morgan fingerprint density at radius 3 is 2.61 bits per heavy atom. The predicted octanol–water partition coefficient (Wildman–Crippen LogP) is 3.51. The number of hydrogen-bond acceptors (Lipinski definition) is 5. The van der Waals surface area contributed by atoms with E-state index in [2.05, 4.69) is 20.9 Å². The summed E-state index contributed by atoms with van der Waals surface area (Å²) < 4.78 is 23.2. The molecule has 0 spiro atoms. The van der Waals surface area contributed by atoms with Gasteiger partial charge in [0.15, 0.2) is 4.21 Å². The molecule has 8 heteroatoms. The molecule has 1 N–H and O–H groups in total. The van der Waals surface area contributed by atoms with Gasteiger partial charge < -0.3 is 5.11 Å². The van der Waals surface area contributed by atoms with Crippen LogP contribution in [-0.4, -0.2) is 18.5 Å². The average Bonchev–Trinajstić information content (AvgIpc) is 2.64. The Labute approximate surface area is 121 Å². The fourth-order valence-electron chi connectivity index (χ4n) is 1.37. The van der Waals surface area contributed by atoms with Crippen LogP contribution in [-0.2, 0) is 9.05 Å². The molecule has 0 saturated carbocycles. The maximum absolute atomic E-state index is 11.3. The number of rotatable bonds is 2. The molecule has 0 fully saturated rings. The Kier molecular flexibility index (Phi) is 3.68. The van der Waals surface area contributed by atoms with Crippen LogP contribution in [0.1, 0.15) is 5.69 Å². The molecular weight excluding hydrogens is 362 g/mol. The van der Waals surface area contributed by atoms with Gasteiger partial charge in [0.25, 0.3) is 9.05 Å². The summed E-state index contributed by atoms with van der Waals surface area (Å²) in [6, 6.07) is 4.83. The Balaban J connectivity index is 2.56. The number of halogens is 2. The summed E-state index contributed by atoms with van der Waals surface area (Å²) in [4.78, 5) is 4.17. The van der Waals surface area contributed by atoms with Crippen molar-refractivity contribution in [1.29, 1.82) is 0 Å². The minimum atomic E-state index is -3.77. The van der Waals surface area contributed by atoms with E-state index in [0.29, 0.717) is 20.7 Å². The van der Waals surface area contributed by atoms with Crippen molar-refractivity contribution in [2.75, 3.05) is 0 Å². The van der Waals surface area contributed by atoms with Crippen LogP contribution < -0.4 is 0 Å². The van der Waals surface area contributed by atoms with Crippen molar-refractivity contribution in [1.82, 2.24) is 4.98 Å². The fraction of sp³-hybridized carbons (Fsp3) is 0.100. The number of aryl methyl sites for hydroxylation is 1. The number of aromatic nitrogens is 1. The van der Waals surface area contributed by atoms with Crippen LogP contribution in [0.25, 0.3) is 10.6 Å². The molecular formula is C10H7BrClNO3S2. The number of benzene rings is 1. The monoisotopic (exact) mass is 367 g/mol. The smallest absolute Gasteiger partial charge is 0.272 e. The van der Waals surface area contributed by atoms with Crippen LogP contribution in [0.15, 0.2) is 26.9 Å². The van der Waals surface area contributed by atoms with Gasteiger partial charge in [0, 0.05) is 16.2 Å². The summed E-state index contributed by atoms with van der Waals surface area (Å²) in [5.74, 6) is 0.109. The second-order valence-corrected chi connectivity index (χ2v) is 8.11. The fourth-order valence-corrected chi connectivity index (χ4v) is 4.20. The Morgan fingerprint density at radius 2 is 2.11 bits per heavy atom. The highest BCUT2D eigenvalue weighted by Crippen LogP contribution is 2.35. The Morgan fingerprint density at radius 1 is 1.44 bits per heavy atom. The van der Waals surface area contributed by atoms with Gasteiger partial charge in [0.2, 0.25) is 0 Å². The van der Waals surface area contributed by atoms with E-state index in [1.54, 1.807) is 19.1 Å². The summed E-state index contributed by atoms with van der Waals surface area (Å²) in [5.41, 5.74) is 1.08. The molecule has 0 saturated heterocycles. The quantitative estimate of drug-likeness (QED) is 0.824. The summed E-state index contributed by atoms with van der Waals surface area (Å²) in [6.45, 7) is 1.59. The van der Waals surface area contributed by atoms with Crippen molar-refractivity contribution in [3.05, 3.63) is 28.4 Å². The van der Waals surface area contributed by atoms with Gasteiger partial charge in [-0.3, -0.25) is 0 Å². The van der Waals surface area contributed by atoms with Crippen molar-refractivity contribution in [2.45, 2.75) is 11.1 Å². The van der Waals surface area contributed by atoms with Crippen molar-refractivity contribution < 1.29 is 13.5 Å². The number of hydrogen-bond donors (Lipinski definition) is 1. The van der Waals surface area contributed by atoms with E-state index < -0.39 is 9.05 Å². The molecule has 2 aromatic rings. The zero-order chi connectivity index (χ0) is 13.5. The molecule has 1 aromatic carbocycles. The zero-order valence-electron chi connectivity index (χ0n) is 9.02. The molecule has 0 aliphatic heterocycles. The SMILES string of the molecule is Cc1nc(-c2ccc(O)c(Br)c2)sc1S(=O)(=O)Cl. The lowest BCUT2D eigenvalue weighted by Crippen LogP contribution is -1.88. The molecule has 1 heterocycles. The number of phenols is 1. The molecule has 96 valence electrons.